The van der Waals surface area contributed by atoms with Gasteiger partial charge in [-0.2, -0.15) is 0 Å². The Bertz CT molecular complexity index is 659. The van der Waals surface area contributed by atoms with E-state index in [1.165, 1.54) is 6.20 Å². The molecule has 2 N–H and O–H groups in total. The molecule has 1 saturated heterocycles. The van der Waals surface area contributed by atoms with Gasteiger partial charge in [0.05, 0.1) is 10.4 Å². The van der Waals surface area contributed by atoms with Crippen LogP contribution < -0.4 is 10.6 Å². The molecule has 3 rings (SSSR count). The highest BCUT2D eigenvalue weighted by atomic mass is 16.6. The monoisotopic (exact) mass is 272 g/mol. The Morgan fingerprint density at radius 2 is 2.25 bits per heavy atom. The maximum absolute atomic E-state index is 11.3. The summed E-state index contributed by atoms with van der Waals surface area (Å²) >= 11 is 0. The lowest BCUT2D eigenvalue weighted by Crippen LogP contribution is -2.35. The maximum Gasteiger partial charge on any atom is 0.311 e. The van der Waals surface area contributed by atoms with E-state index in [4.69, 9.17) is 5.73 Å². The number of hydrogen-bond acceptors (Lipinski definition) is 5. The van der Waals surface area contributed by atoms with E-state index in [2.05, 4.69) is 9.88 Å². The van der Waals surface area contributed by atoms with Crippen molar-refractivity contribution in [2.75, 3.05) is 18.0 Å². The highest BCUT2D eigenvalue weighted by molar-refractivity contribution is 5.96. The number of pyridine rings is 1. The normalized spacial score (nSPS) is 18.6. The lowest BCUT2D eigenvalue weighted by Gasteiger charge is -2.26. The third-order valence-corrected chi connectivity index (χ3v) is 3.86. The van der Waals surface area contributed by atoms with Crippen LogP contribution in [0.4, 0.5) is 11.4 Å². The van der Waals surface area contributed by atoms with Gasteiger partial charge < -0.3 is 10.6 Å². The number of nitro groups is 1. The van der Waals surface area contributed by atoms with Gasteiger partial charge in [-0.3, -0.25) is 10.1 Å². The van der Waals surface area contributed by atoms with Crippen molar-refractivity contribution in [3.05, 3.63) is 40.6 Å². The number of aromatic nitrogens is 1. The van der Waals surface area contributed by atoms with E-state index in [9.17, 15) is 10.1 Å². The molecule has 1 aliphatic heterocycles. The summed E-state index contributed by atoms with van der Waals surface area (Å²) in [7, 11) is 0. The van der Waals surface area contributed by atoms with Gasteiger partial charge in [0.15, 0.2) is 0 Å². The van der Waals surface area contributed by atoms with Crippen molar-refractivity contribution in [1.82, 2.24) is 4.98 Å². The first-order chi connectivity index (χ1) is 9.72. The van der Waals surface area contributed by atoms with Crippen molar-refractivity contribution >= 4 is 22.3 Å². The smallest absolute Gasteiger partial charge is 0.311 e. The molecule has 1 fully saturated rings. The van der Waals surface area contributed by atoms with Gasteiger partial charge in [-0.15, -0.1) is 0 Å². The molecule has 1 atom stereocenters. The van der Waals surface area contributed by atoms with Crippen molar-refractivity contribution < 1.29 is 4.92 Å². The van der Waals surface area contributed by atoms with Crippen LogP contribution in [0.15, 0.2) is 30.5 Å². The predicted octanol–water partition coefficient (Wildman–Crippen LogP) is 2.07. The van der Waals surface area contributed by atoms with Gasteiger partial charge in [-0.1, -0.05) is 18.2 Å². The molecule has 2 aromatic rings. The van der Waals surface area contributed by atoms with Crippen molar-refractivity contribution in [2.45, 2.75) is 18.9 Å². The van der Waals surface area contributed by atoms with E-state index in [1.807, 2.05) is 24.3 Å². The van der Waals surface area contributed by atoms with Crippen LogP contribution in [0, 0.1) is 10.1 Å². The van der Waals surface area contributed by atoms with Gasteiger partial charge in [0.2, 0.25) is 0 Å². The third-order valence-electron chi connectivity index (χ3n) is 3.86. The lowest BCUT2D eigenvalue weighted by atomic mass is 10.1. The van der Waals surface area contributed by atoms with Crippen LogP contribution in [0.25, 0.3) is 10.9 Å². The van der Waals surface area contributed by atoms with E-state index < -0.39 is 0 Å². The summed E-state index contributed by atoms with van der Waals surface area (Å²) in [5.74, 6) is 0. The number of benzene rings is 1. The zero-order valence-corrected chi connectivity index (χ0v) is 11.0. The number of fused-ring (bicyclic) bond motifs is 1. The van der Waals surface area contributed by atoms with Gasteiger partial charge in [-0.05, 0) is 18.9 Å². The lowest BCUT2D eigenvalue weighted by molar-refractivity contribution is -0.384. The van der Waals surface area contributed by atoms with Crippen molar-refractivity contribution in [3.8, 4) is 0 Å². The molecule has 0 saturated carbocycles. The second-order valence-corrected chi connectivity index (χ2v) is 4.99. The number of nitrogens with zero attached hydrogens (tertiary/aromatic N) is 3. The molecule has 0 aliphatic carbocycles. The van der Waals surface area contributed by atoms with Gasteiger partial charge in [0, 0.05) is 24.5 Å². The first-order valence-corrected chi connectivity index (χ1v) is 6.71. The zero-order valence-electron chi connectivity index (χ0n) is 11.0. The largest absolute Gasteiger partial charge is 0.361 e. The molecule has 2 heterocycles. The topological polar surface area (TPSA) is 85.3 Å². The summed E-state index contributed by atoms with van der Waals surface area (Å²) in [6.45, 7) is 1.31. The average molecular weight is 272 g/mol. The Balaban J connectivity index is 2.24. The highest BCUT2D eigenvalue weighted by Crippen LogP contribution is 2.38. The molecule has 104 valence electrons. The molecule has 0 radical (unpaired) electrons. The van der Waals surface area contributed by atoms with Crippen LogP contribution in [0.2, 0.25) is 0 Å². The minimum atomic E-state index is -0.360. The molecule has 1 aliphatic rings. The minimum Gasteiger partial charge on any atom is -0.361 e. The molecular weight excluding hydrogens is 256 g/mol. The van der Waals surface area contributed by atoms with Crippen molar-refractivity contribution in [2.24, 2.45) is 5.73 Å². The fourth-order valence-corrected chi connectivity index (χ4v) is 2.93. The van der Waals surface area contributed by atoms with E-state index >= 15 is 0 Å². The molecule has 1 aromatic carbocycles. The van der Waals surface area contributed by atoms with Crippen molar-refractivity contribution in [3.63, 3.8) is 0 Å². The van der Waals surface area contributed by atoms with E-state index in [1.54, 1.807) is 0 Å². The van der Waals surface area contributed by atoms with Gasteiger partial charge in [0.1, 0.15) is 11.9 Å². The second kappa shape index (κ2) is 5.05. The highest BCUT2D eigenvalue weighted by Gasteiger charge is 2.30. The Morgan fingerprint density at radius 3 is 3.00 bits per heavy atom. The zero-order chi connectivity index (χ0) is 14.1. The van der Waals surface area contributed by atoms with E-state index in [-0.39, 0.29) is 16.7 Å². The number of anilines is 1. The Morgan fingerprint density at radius 1 is 1.45 bits per heavy atom. The first-order valence-electron chi connectivity index (χ1n) is 6.71. The fourth-order valence-electron chi connectivity index (χ4n) is 2.93. The quantitative estimate of drug-likeness (QED) is 0.683. The Labute approximate surface area is 116 Å². The standard InChI is InChI=1S/C14H16N4O2/c15-8-10-4-3-7-17(10)14-11-5-1-2-6-12(11)16-9-13(14)18(19)20/h1-2,5-6,9-10H,3-4,7-8,15H2. The molecule has 6 nitrogen and oxygen atoms in total. The molecule has 0 spiro atoms. The molecule has 0 amide bonds. The summed E-state index contributed by atoms with van der Waals surface area (Å²) < 4.78 is 0. The summed E-state index contributed by atoms with van der Waals surface area (Å²) in [4.78, 5) is 17.2. The van der Waals surface area contributed by atoms with Crippen molar-refractivity contribution in [1.29, 1.82) is 0 Å². The van der Waals surface area contributed by atoms with Crippen LogP contribution in [0.3, 0.4) is 0 Å². The van der Waals surface area contributed by atoms with Crippen LogP contribution in [-0.2, 0) is 0 Å². The molecule has 1 unspecified atom stereocenters. The molecule has 6 heteroatoms. The summed E-state index contributed by atoms with van der Waals surface area (Å²) in [6, 6.07) is 7.69. The van der Waals surface area contributed by atoms with Gasteiger partial charge in [-0.25, -0.2) is 4.98 Å². The van der Waals surface area contributed by atoms with Crippen LogP contribution in [-0.4, -0.2) is 29.0 Å². The van der Waals surface area contributed by atoms with Gasteiger partial charge >= 0.3 is 5.69 Å². The fraction of sp³-hybridized carbons (Fsp3) is 0.357. The SMILES string of the molecule is NCC1CCCN1c1c([N+](=O)[O-])cnc2ccccc12. The average Bonchev–Trinajstić information content (AvgIpc) is 2.93. The molecule has 0 bridgehead atoms. The first kappa shape index (κ1) is 12.8. The molecular formula is C14H16N4O2. The number of para-hydroxylation sites is 1. The second-order valence-electron chi connectivity index (χ2n) is 4.99. The Hall–Kier alpha value is -2.21. The van der Waals surface area contributed by atoms with Gasteiger partial charge in [0.25, 0.3) is 0 Å². The van der Waals surface area contributed by atoms with E-state index in [0.29, 0.717) is 12.2 Å². The van der Waals surface area contributed by atoms with Crippen LogP contribution in [0.5, 0.6) is 0 Å². The summed E-state index contributed by atoms with van der Waals surface area (Å²) in [5.41, 5.74) is 7.30. The van der Waals surface area contributed by atoms with Crippen LogP contribution >= 0.6 is 0 Å². The number of nitrogens with two attached hydrogens (primary N) is 1. The molecule has 1 aromatic heterocycles. The summed E-state index contributed by atoms with van der Waals surface area (Å²) in [5, 5.41) is 12.1. The third kappa shape index (κ3) is 1.98. The number of hydrogen-bond donors (Lipinski definition) is 1. The molecule has 20 heavy (non-hydrogen) atoms. The van der Waals surface area contributed by atoms with E-state index in [0.717, 1.165) is 30.3 Å². The minimum absolute atomic E-state index is 0.0593. The van der Waals surface area contributed by atoms with Crippen LogP contribution in [0.1, 0.15) is 12.8 Å². The number of rotatable bonds is 3. The Kier molecular flexibility index (Phi) is 3.23. The predicted molar refractivity (Wildman–Crippen MR) is 77.8 cm³/mol. The summed E-state index contributed by atoms with van der Waals surface area (Å²) in [6.07, 6.45) is 3.34. The maximum atomic E-state index is 11.3.